The molecule has 0 radical (unpaired) electrons. The van der Waals surface area contributed by atoms with Crippen molar-refractivity contribution in [2.24, 2.45) is 0 Å². The van der Waals surface area contributed by atoms with Crippen LogP contribution in [0.1, 0.15) is 22.8 Å². The third kappa shape index (κ3) is 3.72. The molecule has 18 heavy (non-hydrogen) atoms. The normalized spacial score (nSPS) is 12.2. The zero-order valence-electron chi connectivity index (χ0n) is 10.8. The number of aliphatic carboxylic acids is 1. The SMILES string of the molecule is COc1c(C)cc(C(O)COCC(=O)O)cc1C. The van der Waals surface area contributed by atoms with Gasteiger partial charge in [-0.2, -0.15) is 0 Å². The summed E-state index contributed by atoms with van der Waals surface area (Å²) in [6, 6.07) is 3.61. The number of methoxy groups -OCH3 is 1. The molecule has 1 atom stereocenters. The van der Waals surface area contributed by atoms with Gasteiger partial charge in [-0.25, -0.2) is 4.79 Å². The predicted octanol–water partition coefficient (Wildman–Crippen LogP) is 1.45. The molecule has 0 spiro atoms. The van der Waals surface area contributed by atoms with Crippen molar-refractivity contribution >= 4 is 5.97 Å². The van der Waals surface area contributed by atoms with Crippen LogP contribution in [0.15, 0.2) is 12.1 Å². The van der Waals surface area contributed by atoms with Gasteiger partial charge in [0.05, 0.1) is 13.7 Å². The van der Waals surface area contributed by atoms with Gasteiger partial charge in [0.2, 0.25) is 0 Å². The summed E-state index contributed by atoms with van der Waals surface area (Å²) in [6.07, 6.45) is -0.840. The van der Waals surface area contributed by atoms with Crippen molar-refractivity contribution in [3.63, 3.8) is 0 Å². The lowest BCUT2D eigenvalue weighted by atomic mass is 10.0. The van der Waals surface area contributed by atoms with E-state index in [1.807, 2.05) is 13.8 Å². The van der Waals surface area contributed by atoms with Gasteiger partial charge < -0.3 is 19.7 Å². The molecule has 1 unspecified atom stereocenters. The first kappa shape index (κ1) is 14.5. The number of aliphatic hydroxyl groups is 1. The average Bonchev–Trinajstić information content (AvgIpc) is 2.27. The third-order valence-electron chi connectivity index (χ3n) is 2.57. The number of carbonyl (C=O) groups is 1. The molecule has 0 aliphatic rings. The van der Waals surface area contributed by atoms with Gasteiger partial charge in [-0.1, -0.05) is 0 Å². The van der Waals surface area contributed by atoms with Gasteiger partial charge in [0.25, 0.3) is 0 Å². The summed E-state index contributed by atoms with van der Waals surface area (Å²) in [5, 5.41) is 18.3. The second-order valence-corrected chi connectivity index (χ2v) is 4.11. The topological polar surface area (TPSA) is 76.0 Å². The third-order valence-corrected chi connectivity index (χ3v) is 2.57. The highest BCUT2D eigenvalue weighted by Crippen LogP contribution is 2.27. The molecule has 0 fully saturated rings. The molecule has 1 aromatic carbocycles. The summed E-state index contributed by atoms with van der Waals surface area (Å²) in [6.45, 7) is 3.32. The lowest BCUT2D eigenvalue weighted by Crippen LogP contribution is -2.13. The fraction of sp³-hybridized carbons (Fsp3) is 0.462. The van der Waals surface area contributed by atoms with Crippen LogP contribution in [0.25, 0.3) is 0 Å². The number of rotatable bonds is 6. The van der Waals surface area contributed by atoms with Gasteiger partial charge in [-0.15, -0.1) is 0 Å². The fourth-order valence-electron chi connectivity index (χ4n) is 1.85. The van der Waals surface area contributed by atoms with E-state index < -0.39 is 18.7 Å². The van der Waals surface area contributed by atoms with Crippen molar-refractivity contribution in [2.45, 2.75) is 20.0 Å². The molecule has 0 bridgehead atoms. The van der Waals surface area contributed by atoms with Crippen LogP contribution in [0.2, 0.25) is 0 Å². The van der Waals surface area contributed by atoms with Crippen LogP contribution in [-0.2, 0) is 9.53 Å². The van der Waals surface area contributed by atoms with Crippen molar-refractivity contribution in [2.75, 3.05) is 20.3 Å². The minimum atomic E-state index is -1.05. The highest BCUT2D eigenvalue weighted by Gasteiger charge is 2.12. The lowest BCUT2D eigenvalue weighted by molar-refractivity contribution is -0.143. The summed E-state index contributed by atoms with van der Waals surface area (Å²) in [5.41, 5.74) is 2.53. The Kier molecular flexibility index (Phi) is 5.12. The van der Waals surface area contributed by atoms with Gasteiger partial charge in [-0.05, 0) is 42.7 Å². The molecule has 0 saturated carbocycles. The number of carboxylic acid groups (broad SMARTS) is 1. The summed E-state index contributed by atoms with van der Waals surface area (Å²) in [4.78, 5) is 10.3. The molecular formula is C13H18O5. The molecule has 0 saturated heterocycles. The van der Waals surface area contributed by atoms with E-state index in [1.165, 1.54) is 0 Å². The van der Waals surface area contributed by atoms with Crippen molar-refractivity contribution in [1.29, 1.82) is 0 Å². The van der Waals surface area contributed by atoms with E-state index in [-0.39, 0.29) is 6.61 Å². The Morgan fingerprint density at radius 2 is 1.89 bits per heavy atom. The van der Waals surface area contributed by atoms with Crippen LogP contribution < -0.4 is 4.74 Å². The molecule has 0 aromatic heterocycles. The lowest BCUT2D eigenvalue weighted by Gasteiger charge is -2.15. The van der Waals surface area contributed by atoms with Crippen LogP contribution in [-0.4, -0.2) is 36.5 Å². The first-order valence-corrected chi connectivity index (χ1v) is 5.58. The Morgan fingerprint density at radius 1 is 1.33 bits per heavy atom. The number of carboxylic acids is 1. The zero-order valence-corrected chi connectivity index (χ0v) is 10.8. The fourth-order valence-corrected chi connectivity index (χ4v) is 1.85. The van der Waals surface area contributed by atoms with Crippen LogP contribution in [0.3, 0.4) is 0 Å². The van der Waals surface area contributed by atoms with E-state index in [0.29, 0.717) is 5.56 Å². The number of hydrogen-bond donors (Lipinski definition) is 2. The first-order chi connectivity index (χ1) is 8.45. The first-order valence-electron chi connectivity index (χ1n) is 5.58. The van der Waals surface area contributed by atoms with E-state index in [9.17, 15) is 9.90 Å². The maximum Gasteiger partial charge on any atom is 0.329 e. The van der Waals surface area contributed by atoms with Gasteiger partial charge in [-0.3, -0.25) is 0 Å². The second kappa shape index (κ2) is 6.37. The summed E-state index contributed by atoms with van der Waals surface area (Å²) < 4.78 is 10.1. The van der Waals surface area contributed by atoms with E-state index in [4.69, 9.17) is 14.6 Å². The standard InChI is InChI=1S/C13H18O5/c1-8-4-10(5-9(2)13(8)17-3)11(14)6-18-7-12(15)16/h4-5,11,14H,6-7H2,1-3H3,(H,15,16). The molecule has 0 aliphatic heterocycles. The van der Waals surface area contributed by atoms with Crippen LogP contribution in [0.4, 0.5) is 0 Å². The molecule has 1 aromatic rings. The molecule has 0 heterocycles. The van der Waals surface area contributed by atoms with E-state index in [1.54, 1.807) is 19.2 Å². The number of hydrogen-bond acceptors (Lipinski definition) is 4. The highest BCUT2D eigenvalue weighted by atomic mass is 16.5. The minimum absolute atomic E-state index is 0.0441. The smallest absolute Gasteiger partial charge is 0.329 e. The number of benzene rings is 1. The summed E-state index contributed by atoms with van der Waals surface area (Å²) in [5.74, 6) is -0.262. The number of aliphatic hydroxyl groups excluding tert-OH is 1. The van der Waals surface area contributed by atoms with Crippen LogP contribution in [0, 0.1) is 13.8 Å². The Labute approximate surface area is 106 Å². The average molecular weight is 254 g/mol. The van der Waals surface area contributed by atoms with Gasteiger partial charge in [0, 0.05) is 0 Å². The summed E-state index contributed by atoms with van der Waals surface area (Å²) in [7, 11) is 1.60. The maximum absolute atomic E-state index is 10.3. The highest BCUT2D eigenvalue weighted by molar-refractivity contribution is 5.67. The molecule has 2 N–H and O–H groups in total. The Bertz CT molecular complexity index is 404. The molecule has 5 nitrogen and oxygen atoms in total. The number of aryl methyl sites for hydroxylation is 2. The van der Waals surface area contributed by atoms with E-state index >= 15 is 0 Å². The second-order valence-electron chi connectivity index (χ2n) is 4.11. The molecule has 100 valence electrons. The Balaban J connectivity index is 2.74. The van der Waals surface area contributed by atoms with E-state index in [2.05, 4.69) is 0 Å². The van der Waals surface area contributed by atoms with Gasteiger partial charge in [0.15, 0.2) is 0 Å². The largest absolute Gasteiger partial charge is 0.496 e. The van der Waals surface area contributed by atoms with Crippen LogP contribution >= 0.6 is 0 Å². The molecule has 0 aliphatic carbocycles. The van der Waals surface area contributed by atoms with Gasteiger partial charge >= 0.3 is 5.97 Å². The minimum Gasteiger partial charge on any atom is -0.496 e. The quantitative estimate of drug-likeness (QED) is 0.803. The van der Waals surface area contributed by atoms with Crippen molar-refractivity contribution < 1.29 is 24.5 Å². The van der Waals surface area contributed by atoms with Crippen LogP contribution in [0.5, 0.6) is 5.75 Å². The predicted molar refractivity (Wildman–Crippen MR) is 65.9 cm³/mol. The Morgan fingerprint density at radius 3 is 2.33 bits per heavy atom. The van der Waals surface area contributed by atoms with Gasteiger partial charge in [0.1, 0.15) is 18.5 Å². The Hall–Kier alpha value is -1.59. The van der Waals surface area contributed by atoms with Crippen molar-refractivity contribution in [3.05, 3.63) is 28.8 Å². The molecule has 0 amide bonds. The molecule has 5 heteroatoms. The monoisotopic (exact) mass is 254 g/mol. The molecule has 1 rings (SSSR count). The zero-order chi connectivity index (χ0) is 13.7. The maximum atomic E-state index is 10.3. The summed E-state index contributed by atoms with van der Waals surface area (Å²) >= 11 is 0. The van der Waals surface area contributed by atoms with E-state index in [0.717, 1.165) is 16.9 Å². The van der Waals surface area contributed by atoms with Crippen molar-refractivity contribution in [1.82, 2.24) is 0 Å². The number of ether oxygens (including phenoxy) is 2. The van der Waals surface area contributed by atoms with Crippen molar-refractivity contribution in [3.8, 4) is 5.75 Å². The molecular weight excluding hydrogens is 236 g/mol.